The van der Waals surface area contributed by atoms with Crippen molar-refractivity contribution in [1.82, 2.24) is 5.32 Å². The van der Waals surface area contributed by atoms with Crippen LogP contribution in [0.5, 0.6) is 0 Å². The van der Waals surface area contributed by atoms with Crippen LogP contribution in [0.25, 0.3) is 0 Å². The quantitative estimate of drug-likeness (QED) is 0.420. The molecule has 0 rings (SSSR count). The molecule has 0 radical (unpaired) electrons. The summed E-state index contributed by atoms with van der Waals surface area (Å²) in [6.07, 6.45) is 0. The highest BCUT2D eigenvalue weighted by molar-refractivity contribution is 7.79. The van der Waals surface area contributed by atoms with E-state index in [0.29, 0.717) is 0 Å². The summed E-state index contributed by atoms with van der Waals surface area (Å²) in [6.45, 7) is 0. The van der Waals surface area contributed by atoms with Gasteiger partial charge in [0, 0.05) is 0 Å². The van der Waals surface area contributed by atoms with Gasteiger partial charge in [0.1, 0.15) is 5.88 Å². The first-order chi connectivity index (χ1) is 3.63. The van der Waals surface area contributed by atoms with E-state index in [0.717, 1.165) is 0 Å². The van der Waals surface area contributed by atoms with Gasteiger partial charge in [0.2, 0.25) is 0 Å². The van der Waals surface area contributed by atoms with Crippen molar-refractivity contribution in [3.05, 3.63) is 0 Å². The smallest absolute Gasteiger partial charge is 0.312 e. The van der Waals surface area contributed by atoms with Gasteiger partial charge in [0.05, 0.1) is 0 Å². The van der Waals surface area contributed by atoms with Crippen LogP contribution in [0.15, 0.2) is 0 Å². The normalized spacial score (nSPS) is 12.6. The van der Waals surface area contributed by atoms with Gasteiger partial charge in [0.25, 0.3) is 0 Å². The number of carbonyl (C=O) groups is 1. The molecule has 48 valence electrons. The molecule has 1 unspecified atom stereocenters. The van der Waals surface area contributed by atoms with Crippen molar-refractivity contribution in [3.63, 3.8) is 0 Å². The van der Waals surface area contributed by atoms with Gasteiger partial charge >= 0.3 is 6.03 Å². The minimum atomic E-state index is -2.00. The SMILES string of the molecule is NC(=O)NCS(=O)O. The highest BCUT2D eigenvalue weighted by Gasteiger charge is 1.92. The molecule has 0 aromatic heterocycles. The van der Waals surface area contributed by atoms with E-state index in [9.17, 15) is 9.00 Å². The van der Waals surface area contributed by atoms with Gasteiger partial charge < -0.3 is 15.6 Å². The maximum absolute atomic E-state index is 9.77. The van der Waals surface area contributed by atoms with Gasteiger partial charge in [-0.25, -0.2) is 9.00 Å². The number of urea groups is 1. The number of hydrogen-bond acceptors (Lipinski definition) is 2. The zero-order valence-corrected chi connectivity index (χ0v) is 4.77. The lowest BCUT2D eigenvalue weighted by Gasteiger charge is -1.92. The molecule has 6 heteroatoms. The molecule has 0 aromatic carbocycles. The largest absolute Gasteiger partial charge is 0.352 e. The van der Waals surface area contributed by atoms with Crippen molar-refractivity contribution in [1.29, 1.82) is 0 Å². The summed E-state index contributed by atoms with van der Waals surface area (Å²) in [5.74, 6) is -0.310. The van der Waals surface area contributed by atoms with E-state index in [4.69, 9.17) is 4.55 Å². The summed E-state index contributed by atoms with van der Waals surface area (Å²) in [7, 11) is 0. The average molecular weight is 138 g/mol. The van der Waals surface area contributed by atoms with E-state index in [1.165, 1.54) is 0 Å². The Labute approximate surface area is 48.5 Å². The summed E-state index contributed by atoms with van der Waals surface area (Å²) < 4.78 is 17.7. The van der Waals surface area contributed by atoms with E-state index >= 15 is 0 Å². The predicted octanol–water partition coefficient (Wildman–Crippen LogP) is -1.17. The topological polar surface area (TPSA) is 92.4 Å². The highest BCUT2D eigenvalue weighted by Crippen LogP contribution is 1.64. The Morgan fingerprint density at radius 3 is 2.50 bits per heavy atom. The molecule has 0 aliphatic carbocycles. The Bertz CT molecular complexity index is 99.9. The van der Waals surface area contributed by atoms with Gasteiger partial charge in [-0.05, 0) is 0 Å². The first-order valence-electron chi connectivity index (χ1n) is 1.73. The predicted molar refractivity (Wildman–Crippen MR) is 28.4 cm³/mol. The first-order valence-corrected chi connectivity index (χ1v) is 3.01. The fraction of sp³-hybridized carbons (Fsp3) is 0.500. The molecule has 0 spiro atoms. The van der Waals surface area contributed by atoms with Gasteiger partial charge in [0.15, 0.2) is 11.1 Å². The van der Waals surface area contributed by atoms with Gasteiger partial charge in [-0.15, -0.1) is 0 Å². The molecule has 5 nitrogen and oxygen atoms in total. The maximum Gasteiger partial charge on any atom is 0.312 e. The Kier molecular flexibility index (Phi) is 3.13. The third-order valence-electron chi connectivity index (χ3n) is 0.370. The molecule has 0 heterocycles. The fourth-order valence-corrected chi connectivity index (χ4v) is 0.399. The Morgan fingerprint density at radius 1 is 1.88 bits per heavy atom. The van der Waals surface area contributed by atoms with Gasteiger partial charge in [-0.1, -0.05) is 0 Å². The summed E-state index contributed by atoms with van der Waals surface area (Å²) in [6, 6.07) is -0.799. The molecule has 4 N–H and O–H groups in total. The molecular weight excluding hydrogens is 132 g/mol. The van der Waals surface area contributed by atoms with E-state index < -0.39 is 17.1 Å². The van der Waals surface area contributed by atoms with Crippen LogP contribution in [0.1, 0.15) is 0 Å². The van der Waals surface area contributed by atoms with E-state index in [-0.39, 0.29) is 5.88 Å². The van der Waals surface area contributed by atoms with E-state index in [1.54, 1.807) is 0 Å². The second kappa shape index (κ2) is 3.39. The zero-order chi connectivity index (χ0) is 6.57. The Morgan fingerprint density at radius 2 is 2.38 bits per heavy atom. The van der Waals surface area contributed by atoms with Crippen molar-refractivity contribution in [3.8, 4) is 0 Å². The Balaban J connectivity index is 3.18. The van der Waals surface area contributed by atoms with Crippen molar-refractivity contribution >= 4 is 17.1 Å². The standard InChI is InChI=1S/C2H6N2O3S/c3-2(5)4-1-8(6)7/h1H2,(H,6,7)(H3,3,4,5). The fourth-order valence-electron chi connectivity index (χ4n) is 0.133. The molecule has 0 aliphatic rings. The van der Waals surface area contributed by atoms with E-state index in [2.05, 4.69) is 5.73 Å². The second-order valence-corrected chi connectivity index (χ2v) is 1.94. The molecule has 0 bridgehead atoms. The summed E-state index contributed by atoms with van der Waals surface area (Å²) in [5, 5.41) is 1.93. The number of hydrogen-bond donors (Lipinski definition) is 3. The van der Waals surface area contributed by atoms with Crippen LogP contribution >= 0.6 is 0 Å². The number of nitrogens with two attached hydrogens (primary N) is 1. The first kappa shape index (κ1) is 7.38. The molecule has 0 aromatic rings. The maximum atomic E-state index is 9.77. The van der Waals surface area contributed by atoms with Crippen LogP contribution in [0.4, 0.5) is 4.79 Å². The van der Waals surface area contributed by atoms with Crippen molar-refractivity contribution in [2.24, 2.45) is 5.73 Å². The van der Waals surface area contributed by atoms with Crippen LogP contribution in [0.3, 0.4) is 0 Å². The molecule has 0 saturated heterocycles. The number of rotatable bonds is 2. The van der Waals surface area contributed by atoms with Crippen molar-refractivity contribution in [2.45, 2.75) is 0 Å². The third kappa shape index (κ3) is 5.38. The third-order valence-corrected chi connectivity index (χ3v) is 0.761. The highest BCUT2D eigenvalue weighted by atomic mass is 32.2. The molecule has 0 aliphatic heterocycles. The number of carbonyl (C=O) groups excluding carboxylic acids is 1. The average Bonchev–Trinajstić information content (AvgIpc) is 1.61. The van der Waals surface area contributed by atoms with Crippen LogP contribution in [-0.4, -0.2) is 20.7 Å². The van der Waals surface area contributed by atoms with Gasteiger partial charge in [-0.3, -0.25) is 0 Å². The minimum absolute atomic E-state index is 0.310. The number of amides is 2. The summed E-state index contributed by atoms with van der Waals surface area (Å²) in [5.41, 5.74) is 4.55. The molecular formula is C2H6N2O3S. The summed E-state index contributed by atoms with van der Waals surface area (Å²) in [4.78, 5) is 9.77. The van der Waals surface area contributed by atoms with Crippen LogP contribution in [0.2, 0.25) is 0 Å². The van der Waals surface area contributed by atoms with Crippen LogP contribution in [-0.2, 0) is 11.1 Å². The van der Waals surface area contributed by atoms with Crippen LogP contribution < -0.4 is 11.1 Å². The molecule has 2 amide bonds. The minimum Gasteiger partial charge on any atom is -0.352 e. The van der Waals surface area contributed by atoms with Crippen LogP contribution in [0, 0.1) is 0 Å². The second-order valence-electron chi connectivity index (χ2n) is 1.01. The monoisotopic (exact) mass is 138 g/mol. The van der Waals surface area contributed by atoms with Crippen molar-refractivity contribution < 1.29 is 13.6 Å². The lowest BCUT2D eigenvalue weighted by atomic mass is 11.0. The Hall–Kier alpha value is -0.620. The van der Waals surface area contributed by atoms with Gasteiger partial charge in [-0.2, -0.15) is 0 Å². The van der Waals surface area contributed by atoms with Crippen molar-refractivity contribution in [2.75, 3.05) is 5.88 Å². The summed E-state index contributed by atoms with van der Waals surface area (Å²) >= 11 is -2.00. The molecule has 0 saturated carbocycles. The van der Waals surface area contributed by atoms with E-state index in [1.807, 2.05) is 5.32 Å². The molecule has 0 fully saturated rings. The zero-order valence-electron chi connectivity index (χ0n) is 3.96. The lowest BCUT2D eigenvalue weighted by Crippen LogP contribution is -2.31. The lowest BCUT2D eigenvalue weighted by molar-refractivity contribution is 0.250. The number of nitrogens with one attached hydrogen (secondary N) is 1. The molecule has 8 heavy (non-hydrogen) atoms. The number of primary amides is 1. The molecule has 1 atom stereocenters.